The van der Waals surface area contributed by atoms with Crippen molar-refractivity contribution in [2.45, 2.75) is 29.9 Å². The van der Waals surface area contributed by atoms with Crippen LogP contribution in [-0.2, 0) is 4.79 Å². The zero-order chi connectivity index (χ0) is 19.6. The molecule has 1 aromatic rings. The Morgan fingerprint density at radius 2 is 2.07 bits per heavy atom. The molecule has 1 saturated carbocycles. The van der Waals surface area contributed by atoms with Gasteiger partial charge in [0.05, 0.1) is 24.6 Å². The van der Waals surface area contributed by atoms with Crippen LogP contribution in [0.4, 0.5) is 11.4 Å². The summed E-state index contributed by atoms with van der Waals surface area (Å²) in [6, 6.07) is 7.34. The lowest BCUT2D eigenvalue weighted by atomic mass is 9.81. The van der Waals surface area contributed by atoms with Gasteiger partial charge in [-0.25, -0.2) is 0 Å². The Bertz CT molecular complexity index is 759. The predicted molar refractivity (Wildman–Crippen MR) is 109 cm³/mol. The first-order chi connectivity index (χ1) is 12.9. The lowest BCUT2D eigenvalue weighted by Gasteiger charge is -2.37. The number of benzene rings is 1. The zero-order valence-corrected chi connectivity index (χ0v) is 16.1. The van der Waals surface area contributed by atoms with Gasteiger partial charge in [0.2, 0.25) is 5.91 Å². The second-order valence-corrected chi connectivity index (χ2v) is 8.06. The molecule has 0 spiro atoms. The smallest absolute Gasteiger partial charge is 0.225 e. The van der Waals surface area contributed by atoms with Gasteiger partial charge >= 0.3 is 0 Å². The molecule has 27 heavy (non-hydrogen) atoms. The largest absolute Gasteiger partial charge is 0.390 e. The third kappa shape index (κ3) is 4.21. The van der Waals surface area contributed by atoms with Gasteiger partial charge in [-0.3, -0.25) is 9.79 Å². The summed E-state index contributed by atoms with van der Waals surface area (Å²) in [5.41, 5.74) is 1.95. The van der Waals surface area contributed by atoms with Crippen molar-refractivity contribution in [2.75, 3.05) is 30.9 Å². The van der Waals surface area contributed by atoms with Gasteiger partial charge in [-0.2, -0.15) is 0 Å². The Labute approximate surface area is 163 Å². The second-order valence-electron chi connectivity index (χ2n) is 6.90. The van der Waals surface area contributed by atoms with Gasteiger partial charge in [-0.05, 0) is 30.7 Å². The summed E-state index contributed by atoms with van der Waals surface area (Å²) in [5.74, 6) is 1.69. The fourth-order valence-corrected chi connectivity index (χ4v) is 4.72. The van der Waals surface area contributed by atoms with E-state index in [-0.39, 0.29) is 24.1 Å². The number of aliphatic hydroxyl groups excluding tert-OH is 2. The van der Waals surface area contributed by atoms with Crippen molar-refractivity contribution in [3.05, 3.63) is 24.3 Å². The first kappa shape index (κ1) is 19.5. The van der Waals surface area contributed by atoms with Crippen LogP contribution >= 0.6 is 11.8 Å². The van der Waals surface area contributed by atoms with Gasteiger partial charge in [-0.15, -0.1) is 6.42 Å². The van der Waals surface area contributed by atoms with E-state index in [1.54, 1.807) is 0 Å². The standard InChI is InChI=1S/C19H24N4O3S/c1-4-9-20-18(26)13-10-14(24)16(25)15-17(13)27-19(22-15)21-11-5-7-12(8-6-11)23(2)3/h1,5-8,13-17,24-25H,9-10H2,2-3H3,(H,20,26)(H,21,22)/t13-,14+,15+,16-,17+/m0/s1. The molecule has 4 N–H and O–H groups in total. The number of nitrogens with one attached hydrogen (secondary N) is 2. The number of carbonyl (C=O) groups is 1. The molecule has 0 unspecified atom stereocenters. The Morgan fingerprint density at radius 1 is 1.37 bits per heavy atom. The van der Waals surface area contributed by atoms with Crippen LogP contribution < -0.4 is 15.5 Å². The highest BCUT2D eigenvalue weighted by Crippen LogP contribution is 2.41. The van der Waals surface area contributed by atoms with Gasteiger partial charge in [0, 0.05) is 30.7 Å². The number of hydrogen-bond donors (Lipinski definition) is 4. The van der Waals surface area contributed by atoms with Crippen LogP contribution in [0.15, 0.2) is 29.3 Å². The maximum Gasteiger partial charge on any atom is 0.225 e. The van der Waals surface area contributed by atoms with Crippen LogP contribution in [0, 0.1) is 18.3 Å². The van der Waals surface area contributed by atoms with Gasteiger partial charge in [0.1, 0.15) is 6.10 Å². The monoisotopic (exact) mass is 388 g/mol. The molecule has 0 bridgehead atoms. The lowest BCUT2D eigenvalue weighted by Crippen LogP contribution is -2.54. The number of terminal acetylenes is 1. The number of aliphatic imine (C=N–C) groups is 1. The molecule has 1 aliphatic carbocycles. The minimum atomic E-state index is -0.991. The van der Waals surface area contributed by atoms with Crippen LogP contribution in [0.3, 0.4) is 0 Å². The number of amidine groups is 1. The average molecular weight is 388 g/mol. The van der Waals surface area contributed by atoms with Crippen molar-refractivity contribution in [3.63, 3.8) is 0 Å². The third-order valence-electron chi connectivity index (χ3n) is 4.82. The zero-order valence-electron chi connectivity index (χ0n) is 15.3. The van der Waals surface area contributed by atoms with E-state index >= 15 is 0 Å². The molecule has 0 aromatic heterocycles. The van der Waals surface area contributed by atoms with E-state index < -0.39 is 24.2 Å². The van der Waals surface area contributed by atoms with E-state index in [2.05, 4.69) is 21.5 Å². The van der Waals surface area contributed by atoms with Crippen molar-refractivity contribution >= 4 is 34.2 Å². The first-order valence-corrected chi connectivity index (χ1v) is 9.65. The van der Waals surface area contributed by atoms with Crippen LogP contribution in [0.1, 0.15) is 6.42 Å². The number of thioether (sulfide) groups is 1. The number of nitrogens with zero attached hydrogens (tertiary/aromatic N) is 2. The molecule has 7 nitrogen and oxygen atoms in total. The van der Waals surface area contributed by atoms with Crippen molar-refractivity contribution in [1.82, 2.24) is 5.32 Å². The van der Waals surface area contributed by atoms with Crippen LogP contribution in [0.25, 0.3) is 0 Å². The van der Waals surface area contributed by atoms with Crippen LogP contribution in [0.2, 0.25) is 0 Å². The number of anilines is 2. The molecule has 0 saturated heterocycles. The number of rotatable bonds is 4. The molecule has 3 rings (SSSR count). The van der Waals surface area contributed by atoms with E-state index in [1.165, 1.54) is 11.8 Å². The number of carbonyl (C=O) groups excluding carboxylic acids is 1. The Morgan fingerprint density at radius 3 is 2.70 bits per heavy atom. The summed E-state index contributed by atoms with van der Waals surface area (Å²) in [5, 5.41) is 26.8. The predicted octanol–water partition coefficient (Wildman–Crippen LogP) is 0.496. The van der Waals surface area contributed by atoms with Crippen molar-refractivity contribution in [2.24, 2.45) is 10.9 Å². The molecule has 0 radical (unpaired) electrons. The van der Waals surface area contributed by atoms with Crippen molar-refractivity contribution in [3.8, 4) is 12.3 Å². The summed E-state index contributed by atoms with van der Waals surface area (Å²) in [4.78, 5) is 19.0. The molecule has 144 valence electrons. The van der Waals surface area contributed by atoms with Crippen LogP contribution in [0.5, 0.6) is 0 Å². The van der Waals surface area contributed by atoms with Gasteiger partial charge in [-0.1, -0.05) is 17.7 Å². The van der Waals surface area contributed by atoms with E-state index in [0.29, 0.717) is 5.17 Å². The van der Waals surface area contributed by atoms with E-state index in [4.69, 9.17) is 6.42 Å². The average Bonchev–Trinajstić information content (AvgIpc) is 3.07. The number of aliphatic hydroxyl groups is 2. The fraction of sp³-hybridized carbons (Fsp3) is 0.474. The molecule has 1 aliphatic heterocycles. The molecular formula is C19H24N4O3S. The highest BCUT2D eigenvalue weighted by molar-refractivity contribution is 8.15. The minimum absolute atomic E-state index is 0.139. The van der Waals surface area contributed by atoms with Gasteiger partial charge in [0.15, 0.2) is 5.17 Å². The summed E-state index contributed by atoms with van der Waals surface area (Å²) in [6.07, 6.45) is 3.41. The maximum atomic E-state index is 12.4. The quantitative estimate of drug-likeness (QED) is 0.561. The Kier molecular flexibility index (Phi) is 5.95. The molecule has 2 aliphatic rings. The molecule has 5 atom stereocenters. The molecule has 1 amide bonds. The molecular weight excluding hydrogens is 364 g/mol. The summed E-state index contributed by atoms with van der Waals surface area (Å²) >= 11 is 1.42. The van der Waals surface area contributed by atoms with E-state index in [0.717, 1.165) is 11.4 Å². The SMILES string of the molecule is C#CCNC(=O)[C@H]1C[C@@H](O)[C@H](O)[C@H]2N=C(Nc3ccc(N(C)C)cc3)S[C@@H]21. The van der Waals surface area contributed by atoms with E-state index in [9.17, 15) is 15.0 Å². The summed E-state index contributed by atoms with van der Waals surface area (Å²) in [6.45, 7) is 0.139. The highest BCUT2D eigenvalue weighted by Gasteiger charge is 2.50. The number of hydrogen-bond acceptors (Lipinski definition) is 7. The Hall–Kier alpha value is -2.21. The van der Waals surface area contributed by atoms with Crippen molar-refractivity contribution in [1.29, 1.82) is 0 Å². The Balaban J connectivity index is 1.73. The minimum Gasteiger partial charge on any atom is -0.390 e. The molecule has 1 aromatic carbocycles. The molecule has 1 heterocycles. The fourth-order valence-electron chi connectivity index (χ4n) is 3.34. The second kappa shape index (κ2) is 8.21. The van der Waals surface area contributed by atoms with Crippen molar-refractivity contribution < 1.29 is 15.0 Å². The normalized spacial score (nSPS) is 29.3. The molecule has 1 fully saturated rings. The first-order valence-electron chi connectivity index (χ1n) is 8.77. The molecule has 8 heteroatoms. The maximum absolute atomic E-state index is 12.4. The third-order valence-corrected chi connectivity index (χ3v) is 6.13. The highest BCUT2D eigenvalue weighted by atomic mass is 32.2. The summed E-state index contributed by atoms with van der Waals surface area (Å²) < 4.78 is 0. The lowest BCUT2D eigenvalue weighted by molar-refractivity contribution is -0.129. The number of amides is 1. The van der Waals surface area contributed by atoms with E-state index in [1.807, 2.05) is 43.3 Å². The number of fused-ring (bicyclic) bond motifs is 1. The topological polar surface area (TPSA) is 97.2 Å². The van der Waals surface area contributed by atoms with Crippen LogP contribution in [-0.4, -0.2) is 65.4 Å². The summed E-state index contributed by atoms with van der Waals surface area (Å²) in [7, 11) is 3.95. The van der Waals surface area contributed by atoms with Gasteiger partial charge < -0.3 is 25.7 Å². The van der Waals surface area contributed by atoms with Gasteiger partial charge in [0.25, 0.3) is 0 Å².